The van der Waals surface area contributed by atoms with Crippen LogP contribution in [0.25, 0.3) is 16.6 Å². The molecular formula is C18H17NO2. The number of aryl methyl sites for hydroxylation is 1. The SMILES string of the molecule is CCOC(=O)c1cn(-c2ccccc2C)c2ccccc12. The van der Waals surface area contributed by atoms with E-state index in [9.17, 15) is 4.79 Å². The van der Waals surface area contributed by atoms with Crippen LogP contribution in [-0.2, 0) is 4.74 Å². The second-order valence-corrected chi connectivity index (χ2v) is 4.94. The predicted molar refractivity (Wildman–Crippen MR) is 84.0 cm³/mol. The summed E-state index contributed by atoms with van der Waals surface area (Å²) in [5, 5.41) is 0.916. The summed E-state index contributed by atoms with van der Waals surface area (Å²) in [5.41, 5.74) is 3.85. The lowest BCUT2D eigenvalue weighted by Crippen LogP contribution is -2.03. The van der Waals surface area contributed by atoms with Crippen LogP contribution in [0.1, 0.15) is 22.8 Å². The summed E-state index contributed by atoms with van der Waals surface area (Å²) < 4.78 is 7.22. The molecule has 0 bridgehead atoms. The number of fused-ring (bicyclic) bond motifs is 1. The van der Waals surface area contributed by atoms with Gasteiger partial charge in [0.1, 0.15) is 0 Å². The van der Waals surface area contributed by atoms with E-state index in [1.807, 2.05) is 49.5 Å². The van der Waals surface area contributed by atoms with Crippen molar-refractivity contribution < 1.29 is 9.53 Å². The number of carbonyl (C=O) groups is 1. The molecule has 0 atom stereocenters. The van der Waals surface area contributed by atoms with Gasteiger partial charge in [-0.3, -0.25) is 0 Å². The van der Waals surface area contributed by atoms with Crippen LogP contribution in [-0.4, -0.2) is 17.1 Å². The summed E-state index contributed by atoms with van der Waals surface area (Å²) in [6, 6.07) is 16.0. The fraction of sp³-hybridized carbons (Fsp3) is 0.167. The van der Waals surface area contributed by atoms with Crippen molar-refractivity contribution in [3.8, 4) is 5.69 Å². The zero-order valence-electron chi connectivity index (χ0n) is 12.2. The van der Waals surface area contributed by atoms with Crippen LogP contribution in [0.15, 0.2) is 54.7 Å². The number of para-hydroxylation sites is 2. The number of aromatic nitrogens is 1. The molecule has 0 amide bonds. The molecule has 106 valence electrons. The Labute approximate surface area is 123 Å². The normalized spacial score (nSPS) is 10.8. The zero-order valence-corrected chi connectivity index (χ0v) is 12.2. The standard InChI is InChI=1S/C18H17NO2/c1-3-21-18(20)15-12-19(16-10-6-4-8-13(16)2)17-11-7-5-9-14(15)17/h4-12H,3H2,1-2H3. The Balaban J connectivity index is 2.25. The first kappa shape index (κ1) is 13.4. The van der Waals surface area contributed by atoms with Crippen molar-refractivity contribution >= 4 is 16.9 Å². The van der Waals surface area contributed by atoms with Crippen molar-refractivity contribution in [2.75, 3.05) is 6.61 Å². The van der Waals surface area contributed by atoms with Crippen LogP contribution in [0.4, 0.5) is 0 Å². The van der Waals surface area contributed by atoms with E-state index in [2.05, 4.69) is 23.6 Å². The monoisotopic (exact) mass is 279 g/mol. The van der Waals surface area contributed by atoms with Crippen molar-refractivity contribution in [3.63, 3.8) is 0 Å². The highest BCUT2D eigenvalue weighted by Gasteiger charge is 2.16. The predicted octanol–water partition coefficient (Wildman–Crippen LogP) is 4.12. The number of ether oxygens (including phenoxy) is 1. The second-order valence-electron chi connectivity index (χ2n) is 4.94. The number of benzene rings is 2. The third kappa shape index (κ3) is 2.31. The van der Waals surface area contributed by atoms with Gasteiger partial charge in [0, 0.05) is 17.3 Å². The van der Waals surface area contributed by atoms with Gasteiger partial charge in [-0.2, -0.15) is 0 Å². The Morgan fingerprint density at radius 3 is 2.57 bits per heavy atom. The van der Waals surface area contributed by atoms with E-state index in [1.54, 1.807) is 0 Å². The molecule has 0 unspecified atom stereocenters. The van der Waals surface area contributed by atoms with Gasteiger partial charge in [-0.05, 0) is 31.5 Å². The average Bonchev–Trinajstić information content (AvgIpc) is 2.88. The van der Waals surface area contributed by atoms with E-state index < -0.39 is 0 Å². The van der Waals surface area contributed by atoms with Gasteiger partial charge in [0.2, 0.25) is 0 Å². The molecule has 0 saturated heterocycles. The van der Waals surface area contributed by atoms with Crippen LogP contribution < -0.4 is 0 Å². The highest BCUT2D eigenvalue weighted by Crippen LogP contribution is 2.26. The van der Waals surface area contributed by atoms with Crippen LogP contribution in [0.5, 0.6) is 0 Å². The van der Waals surface area contributed by atoms with Crippen LogP contribution in [0.2, 0.25) is 0 Å². The van der Waals surface area contributed by atoms with Crippen LogP contribution in [0, 0.1) is 6.92 Å². The molecule has 3 nitrogen and oxygen atoms in total. The van der Waals surface area contributed by atoms with E-state index in [1.165, 1.54) is 0 Å². The summed E-state index contributed by atoms with van der Waals surface area (Å²) in [4.78, 5) is 12.2. The molecule has 0 aliphatic rings. The van der Waals surface area contributed by atoms with Gasteiger partial charge >= 0.3 is 5.97 Å². The van der Waals surface area contributed by atoms with Crippen molar-refractivity contribution in [1.29, 1.82) is 0 Å². The third-order valence-corrected chi connectivity index (χ3v) is 3.58. The van der Waals surface area contributed by atoms with Crippen molar-refractivity contribution in [1.82, 2.24) is 4.57 Å². The lowest BCUT2D eigenvalue weighted by atomic mass is 10.2. The molecule has 0 radical (unpaired) electrons. The number of carbonyl (C=O) groups excluding carboxylic acids is 1. The summed E-state index contributed by atoms with van der Waals surface area (Å²) in [5.74, 6) is -0.277. The van der Waals surface area contributed by atoms with Gasteiger partial charge in [0.05, 0.1) is 17.7 Å². The molecule has 1 aromatic heterocycles. The minimum Gasteiger partial charge on any atom is -0.462 e. The average molecular weight is 279 g/mol. The summed E-state index contributed by atoms with van der Waals surface area (Å²) >= 11 is 0. The smallest absolute Gasteiger partial charge is 0.340 e. The van der Waals surface area contributed by atoms with E-state index in [0.717, 1.165) is 22.2 Å². The first-order valence-electron chi connectivity index (χ1n) is 7.05. The zero-order chi connectivity index (χ0) is 14.8. The Bertz CT molecular complexity index is 802. The maximum atomic E-state index is 12.2. The molecule has 3 heteroatoms. The Morgan fingerprint density at radius 2 is 1.81 bits per heavy atom. The summed E-state index contributed by atoms with van der Waals surface area (Å²) in [7, 11) is 0. The molecule has 0 fully saturated rings. The van der Waals surface area contributed by atoms with Gasteiger partial charge in [-0.25, -0.2) is 4.79 Å². The van der Waals surface area contributed by atoms with E-state index >= 15 is 0 Å². The van der Waals surface area contributed by atoms with E-state index in [-0.39, 0.29) is 5.97 Å². The van der Waals surface area contributed by atoms with Gasteiger partial charge in [0.25, 0.3) is 0 Å². The number of nitrogens with zero attached hydrogens (tertiary/aromatic N) is 1. The van der Waals surface area contributed by atoms with Crippen LogP contribution >= 0.6 is 0 Å². The molecule has 0 aliphatic carbocycles. The highest BCUT2D eigenvalue weighted by molar-refractivity contribution is 6.04. The van der Waals surface area contributed by atoms with Gasteiger partial charge in [-0.15, -0.1) is 0 Å². The minimum atomic E-state index is -0.277. The van der Waals surface area contributed by atoms with Crippen molar-refractivity contribution in [3.05, 3.63) is 65.9 Å². The van der Waals surface area contributed by atoms with Gasteiger partial charge in [-0.1, -0.05) is 36.4 Å². The van der Waals surface area contributed by atoms with E-state index in [4.69, 9.17) is 4.74 Å². The lowest BCUT2D eigenvalue weighted by Gasteiger charge is -2.08. The summed E-state index contributed by atoms with van der Waals surface area (Å²) in [6.45, 7) is 4.26. The molecule has 0 N–H and O–H groups in total. The number of hydrogen-bond donors (Lipinski definition) is 0. The molecule has 0 saturated carbocycles. The molecule has 21 heavy (non-hydrogen) atoms. The topological polar surface area (TPSA) is 31.2 Å². The number of rotatable bonds is 3. The fourth-order valence-corrected chi connectivity index (χ4v) is 2.58. The molecule has 2 aromatic carbocycles. The Kier molecular flexibility index (Phi) is 3.48. The number of esters is 1. The van der Waals surface area contributed by atoms with Crippen molar-refractivity contribution in [2.24, 2.45) is 0 Å². The summed E-state index contributed by atoms with van der Waals surface area (Å²) in [6.07, 6.45) is 1.87. The second kappa shape index (κ2) is 5.44. The van der Waals surface area contributed by atoms with Crippen molar-refractivity contribution in [2.45, 2.75) is 13.8 Å². The fourth-order valence-electron chi connectivity index (χ4n) is 2.58. The molecule has 3 rings (SSSR count). The largest absolute Gasteiger partial charge is 0.462 e. The van der Waals surface area contributed by atoms with E-state index in [0.29, 0.717) is 12.2 Å². The van der Waals surface area contributed by atoms with Gasteiger partial charge < -0.3 is 9.30 Å². The van der Waals surface area contributed by atoms with Crippen LogP contribution in [0.3, 0.4) is 0 Å². The molecule has 0 spiro atoms. The molecule has 0 aliphatic heterocycles. The molecule has 1 heterocycles. The minimum absolute atomic E-state index is 0.277. The maximum absolute atomic E-state index is 12.2. The Morgan fingerprint density at radius 1 is 1.10 bits per heavy atom. The third-order valence-electron chi connectivity index (χ3n) is 3.58. The first-order valence-corrected chi connectivity index (χ1v) is 7.05. The maximum Gasteiger partial charge on any atom is 0.340 e. The quantitative estimate of drug-likeness (QED) is 0.675. The number of hydrogen-bond acceptors (Lipinski definition) is 2. The van der Waals surface area contributed by atoms with Gasteiger partial charge in [0.15, 0.2) is 0 Å². The highest BCUT2D eigenvalue weighted by atomic mass is 16.5. The first-order chi connectivity index (χ1) is 10.2. The lowest BCUT2D eigenvalue weighted by molar-refractivity contribution is 0.0528. The molecule has 3 aromatic rings. The molecular weight excluding hydrogens is 262 g/mol. The Hall–Kier alpha value is -2.55.